The summed E-state index contributed by atoms with van der Waals surface area (Å²) < 4.78 is 17.4. The Hall–Kier alpha value is -4.53. The fraction of sp³-hybridized carbons (Fsp3) is 0.206. The zero-order chi connectivity index (χ0) is 31.2. The second-order valence-corrected chi connectivity index (χ2v) is 10.8. The molecule has 0 spiro atoms. The minimum absolute atomic E-state index is 0.0914. The fourth-order valence-electron chi connectivity index (χ4n) is 4.81. The molecule has 1 fully saturated rings. The molecule has 4 amide bonds. The molecule has 226 valence electrons. The number of barbiturate groups is 1. The fourth-order valence-corrected chi connectivity index (χ4v) is 5.42. The van der Waals surface area contributed by atoms with Gasteiger partial charge in [0.2, 0.25) is 0 Å². The number of carbonyl (C=O) groups is 3. The van der Waals surface area contributed by atoms with Gasteiger partial charge in [-0.25, -0.2) is 4.79 Å². The van der Waals surface area contributed by atoms with Crippen molar-refractivity contribution in [1.82, 2.24) is 10.2 Å². The number of fused-ring (bicyclic) bond motifs is 1. The van der Waals surface area contributed by atoms with E-state index in [-0.39, 0.29) is 34.5 Å². The van der Waals surface area contributed by atoms with E-state index >= 15 is 0 Å². The molecule has 8 nitrogen and oxygen atoms in total. The van der Waals surface area contributed by atoms with Gasteiger partial charge in [-0.3, -0.25) is 19.8 Å². The van der Waals surface area contributed by atoms with E-state index in [1.54, 1.807) is 30.3 Å². The Bertz CT molecular complexity index is 1740. The van der Waals surface area contributed by atoms with E-state index in [9.17, 15) is 14.4 Å². The minimum Gasteiger partial charge on any atom is -0.490 e. The van der Waals surface area contributed by atoms with Gasteiger partial charge in [0.25, 0.3) is 11.8 Å². The summed E-state index contributed by atoms with van der Waals surface area (Å²) in [7, 11) is 0. The first-order chi connectivity index (χ1) is 21.3. The van der Waals surface area contributed by atoms with Gasteiger partial charge in [0.05, 0.1) is 29.8 Å². The lowest BCUT2D eigenvalue weighted by Crippen LogP contribution is -2.53. The lowest BCUT2D eigenvalue weighted by molar-refractivity contribution is -0.130. The Morgan fingerprint density at radius 3 is 2.34 bits per heavy atom. The van der Waals surface area contributed by atoms with Gasteiger partial charge in [-0.1, -0.05) is 78.7 Å². The number of ether oxygens (including phenoxy) is 3. The summed E-state index contributed by atoms with van der Waals surface area (Å²) in [5.74, 6) is -0.233. The third-order valence-corrected chi connectivity index (χ3v) is 7.44. The van der Waals surface area contributed by atoms with Crippen LogP contribution in [-0.2, 0) is 22.7 Å². The normalized spacial score (nSPS) is 14.2. The molecule has 1 aliphatic heterocycles. The standard InChI is InChI=1S/C34H30Cl2N2O6/c1-3-14-43-29-13-12-21(18-30(29)42-4-2)19-38-33(40)26(32(39)37-34(38)41)15-22-16-27(35)31(28(36)17-22)44-20-24-10-7-9-23-8-5-6-11-25(23)24/h5-13,15-18H,3-4,14,19-20H2,1-2H3,(H,37,39,41)/b26-15+. The van der Waals surface area contributed by atoms with Crippen molar-refractivity contribution in [3.05, 3.63) is 105 Å². The van der Waals surface area contributed by atoms with Crippen molar-refractivity contribution in [3.8, 4) is 17.2 Å². The molecule has 1 N–H and O–H groups in total. The van der Waals surface area contributed by atoms with Crippen LogP contribution in [0.2, 0.25) is 10.0 Å². The monoisotopic (exact) mass is 632 g/mol. The molecule has 0 aromatic heterocycles. The van der Waals surface area contributed by atoms with Crippen LogP contribution in [-0.4, -0.2) is 36.0 Å². The van der Waals surface area contributed by atoms with Gasteiger partial charge in [-0.2, -0.15) is 0 Å². The van der Waals surface area contributed by atoms with E-state index < -0.39 is 17.8 Å². The second kappa shape index (κ2) is 13.8. The molecule has 44 heavy (non-hydrogen) atoms. The molecule has 0 bridgehead atoms. The molecule has 0 radical (unpaired) electrons. The summed E-state index contributed by atoms with van der Waals surface area (Å²) in [6, 6.07) is 21.4. The number of hydrogen-bond acceptors (Lipinski definition) is 6. The van der Waals surface area contributed by atoms with E-state index in [2.05, 4.69) is 5.32 Å². The summed E-state index contributed by atoms with van der Waals surface area (Å²) in [4.78, 5) is 39.8. The lowest BCUT2D eigenvalue weighted by atomic mass is 10.1. The van der Waals surface area contributed by atoms with Gasteiger partial charge in [0.1, 0.15) is 12.2 Å². The third kappa shape index (κ3) is 6.82. The maximum absolute atomic E-state index is 13.4. The van der Waals surface area contributed by atoms with Crippen molar-refractivity contribution in [2.24, 2.45) is 0 Å². The zero-order valence-corrected chi connectivity index (χ0v) is 25.7. The number of amides is 4. The minimum atomic E-state index is -0.824. The quantitative estimate of drug-likeness (QED) is 0.135. The number of halogens is 2. The molecule has 4 aromatic carbocycles. The van der Waals surface area contributed by atoms with Crippen LogP contribution < -0.4 is 19.5 Å². The Morgan fingerprint density at radius 2 is 1.59 bits per heavy atom. The van der Waals surface area contributed by atoms with E-state index in [0.29, 0.717) is 35.8 Å². The number of imide groups is 2. The molecule has 0 atom stereocenters. The van der Waals surface area contributed by atoms with Gasteiger partial charge in [0, 0.05) is 0 Å². The first-order valence-corrected chi connectivity index (χ1v) is 14.9. The van der Waals surface area contributed by atoms with Gasteiger partial charge in [0.15, 0.2) is 17.2 Å². The van der Waals surface area contributed by atoms with Crippen LogP contribution >= 0.6 is 23.2 Å². The molecule has 1 saturated heterocycles. The maximum atomic E-state index is 13.4. The molecule has 10 heteroatoms. The Balaban J connectivity index is 1.35. The topological polar surface area (TPSA) is 94.2 Å². The zero-order valence-electron chi connectivity index (χ0n) is 24.2. The maximum Gasteiger partial charge on any atom is 0.331 e. The van der Waals surface area contributed by atoms with E-state index in [1.807, 2.05) is 56.3 Å². The van der Waals surface area contributed by atoms with Crippen LogP contribution in [0.25, 0.3) is 16.8 Å². The summed E-state index contributed by atoms with van der Waals surface area (Å²) in [5.41, 5.74) is 1.73. The first-order valence-electron chi connectivity index (χ1n) is 14.1. The summed E-state index contributed by atoms with van der Waals surface area (Å²) in [5, 5.41) is 4.78. The molecular formula is C34H30Cl2N2O6. The van der Waals surface area contributed by atoms with Crippen molar-refractivity contribution in [1.29, 1.82) is 0 Å². The molecule has 1 heterocycles. The molecular weight excluding hydrogens is 603 g/mol. The highest BCUT2D eigenvalue weighted by Gasteiger charge is 2.36. The smallest absolute Gasteiger partial charge is 0.331 e. The van der Waals surface area contributed by atoms with Crippen molar-refractivity contribution >= 4 is 57.9 Å². The molecule has 0 aliphatic carbocycles. The lowest BCUT2D eigenvalue weighted by Gasteiger charge is -2.26. The summed E-state index contributed by atoms with van der Waals surface area (Å²) >= 11 is 13.1. The van der Waals surface area contributed by atoms with Crippen LogP contribution in [0, 0.1) is 0 Å². The molecule has 1 aliphatic rings. The van der Waals surface area contributed by atoms with Crippen LogP contribution in [0.4, 0.5) is 4.79 Å². The average Bonchev–Trinajstić information content (AvgIpc) is 3.00. The highest BCUT2D eigenvalue weighted by atomic mass is 35.5. The van der Waals surface area contributed by atoms with Gasteiger partial charge in [-0.15, -0.1) is 0 Å². The first kappa shape index (κ1) is 30.9. The SMILES string of the molecule is CCCOc1ccc(CN2C(=O)NC(=O)/C(=C\c3cc(Cl)c(OCc4cccc5ccccc45)c(Cl)c3)C2=O)cc1OCC. The highest BCUT2D eigenvalue weighted by Crippen LogP contribution is 2.36. The number of carbonyl (C=O) groups excluding carboxylic acids is 3. The molecule has 5 rings (SSSR count). The Labute approximate surface area is 265 Å². The predicted molar refractivity (Wildman–Crippen MR) is 170 cm³/mol. The van der Waals surface area contributed by atoms with E-state index in [1.165, 1.54) is 6.08 Å². The molecule has 0 unspecified atom stereocenters. The van der Waals surface area contributed by atoms with Crippen molar-refractivity contribution < 1.29 is 28.6 Å². The Kier molecular flexibility index (Phi) is 9.72. The number of urea groups is 1. The summed E-state index contributed by atoms with van der Waals surface area (Å²) in [6.45, 7) is 4.92. The van der Waals surface area contributed by atoms with E-state index in [4.69, 9.17) is 37.4 Å². The van der Waals surface area contributed by atoms with Crippen LogP contribution in [0.5, 0.6) is 17.2 Å². The van der Waals surface area contributed by atoms with Crippen molar-refractivity contribution in [2.45, 2.75) is 33.4 Å². The second-order valence-electron chi connectivity index (χ2n) is 10.0. The summed E-state index contributed by atoms with van der Waals surface area (Å²) in [6.07, 6.45) is 2.17. The number of nitrogens with zero attached hydrogens (tertiary/aromatic N) is 1. The Morgan fingerprint density at radius 1 is 0.841 bits per heavy atom. The van der Waals surface area contributed by atoms with Gasteiger partial charge < -0.3 is 14.2 Å². The van der Waals surface area contributed by atoms with Crippen LogP contribution in [0.15, 0.2) is 78.4 Å². The predicted octanol–water partition coefficient (Wildman–Crippen LogP) is 7.58. The average molecular weight is 634 g/mol. The van der Waals surface area contributed by atoms with Crippen LogP contribution in [0.3, 0.4) is 0 Å². The molecule has 0 saturated carbocycles. The number of benzene rings is 4. The number of hydrogen-bond donors (Lipinski definition) is 1. The third-order valence-electron chi connectivity index (χ3n) is 6.88. The van der Waals surface area contributed by atoms with Crippen molar-refractivity contribution in [2.75, 3.05) is 13.2 Å². The molecule has 4 aromatic rings. The highest BCUT2D eigenvalue weighted by molar-refractivity contribution is 6.37. The van der Waals surface area contributed by atoms with Crippen LogP contribution in [0.1, 0.15) is 37.0 Å². The number of nitrogens with one attached hydrogen (secondary N) is 1. The largest absolute Gasteiger partial charge is 0.490 e. The van der Waals surface area contributed by atoms with Crippen molar-refractivity contribution in [3.63, 3.8) is 0 Å². The van der Waals surface area contributed by atoms with Gasteiger partial charge >= 0.3 is 6.03 Å². The van der Waals surface area contributed by atoms with E-state index in [0.717, 1.165) is 27.7 Å². The van der Waals surface area contributed by atoms with Gasteiger partial charge in [-0.05, 0) is 71.1 Å². The number of rotatable bonds is 11.